The number of hydrogen-bond donors (Lipinski definition) is 2. The predicted octanol–water partition coefficient (Wildman–Crippen LogP) is -0.0321. The molecule has 1 aliphatic heterocycles. The summed E-state index contributed by atoms with van der Waals surface area (Å²) in [6.07, 6.45) is -0.194. The molecule has 2 heterocycles. The Morgan fingerprint density at radius 1 is 1.60 bits per heavy atom. The lowest BCUT2D eigenvalue weighted by Crippen LogP contribution is -2.45. The van der Waals surface area contributed by atoms with E-state index in [1.54, 1.807) is 11.0 Å². The molecule has 1 saturated heterocycles. The zero-order valence-electron chi connectivity index (χ0n) is 8.17. The molecule has 6 heteroatoms. The first-order valence-electron chi connectivity index (χ1n) is 4.82. The Balaban J connectivity index is 2.12. The van der Waals surface area contributed by atoms with Gasteiger partial charge in [-0.2, -0.15) is 4.98 Å². The minimum atomic E-state index is -1.25. The van der Waals surface area contributed by atoms with Crippen LogP contribution in [0.4, 0.5) is 16.2 Å². The second-order valence-corrected chi connectivity index (χ2v) is 3.60. The van der Waals surface area contributed by atoms with Gasteiger partial charge in [0.2, 0.25) is 5.95 Å². The molecule has 0 aliphatic carbocycles. The molecule has 1 aliphatic rings. The predicted molar refractivity (Wildman–Crippen MR) is 54.2 cm³/mol. The fourth-order valence-corrected chi connectivity index (χ4v) is 1.59. The van der Waals surface area contributed by atoms with Crippen molar-refractivity contribution in [2.75, 3.05) is 23.7 Å². The standard InChI is InChI=1S/C9H13FN4O/c10-6-5-14(4-2-7(6)15)9-12-3-1-8(11)13-9/h1,3,6-7,15H,2,4-5H2,(H2,11,12,13)/t6?,7-/m1/s1. The third-order valence-electron chi connectivity index (χ3n) is 2.45. The molecule has 0 saturated carbocycles. The Morgan fingerprint density at radius 3 is 3.07 bits per heavy atom. The molecule has 82 valence electrons. The van der Waals surface area contributed by atoms with Crippen LogP contribution in [0, 0.1) is 0 Å². The number of halogens is 1. The number of nitrogens with two attached hydrogens (primary N) is 1. The van der Waals surface area contributed by atoms with Crippen LogP contribution in [0.15, 0.2) is 12.3 Å². The van der Waals surface area contributed by atoms with E-state index in [1.807, 2.05) is 0 Å². The molecule has 1 aromatic rings. The molecule has 1 aromatic heterocycles. The van der Waals surface area contributed by atoms with Gasteiger partial charge in [0.1, 0.15) is 12.0 Å². The largest absolute Gasteiger partial charge is 0.390 e. The number of aliphatic hydroxyl groups is 1. The van der Waals surface area contributed by atoms with Crippen LogP contribution < -0.4 is 10.6 Å². The van der Waals surface area contributed by atoms with Gasteiger partial charge in [-0.05, 0) is 12.5 Å². The number of anilines is 2. The molecule has 0 bridgehead atoms. The van der Waals surface area contributed by atoms with E-state index < -0.39 is 12.3 Å². The van der Waals surface area contributed by atoms with Crippen molar-refractivity contribution in [1.29, 1.82) is 0 Å². The van der Waals surface area contributed by atoms with Crippen molar-refractivity contribution in [1.82, 2.24) is 9.97 Å². The van der Waals surface area contributed by atoms with E-state index in [1.165, 1.54) is 6.20 Å². The Hall–Kier alpha value is -1.43. The second-order valence-electron chi connectivity index (χ2n) is 3.60. The van der Waals surface area contributed by atoms with E-state index in [0.717, 1.165) is 0 Å². The molecule has 1 fully saturated rings. The van der Waals surface area contributed by atoms with Gasteiger partial charge >= 0.3 is 0 Å². The number of nitrogen functional groups attached to an aromatic ring is 1. The van der Waals surface area contributed by atoms with Crippen molar-refractivity contribution < 1.29 is 9.50 Å². The number of aliphatic hydroxyl groups excluding tert-OH is 1. The number of piperidine rings is 1. The molecule has 3 N–H and O–H groups in total. The lowest BCUT2D eigenvalue weighted by molar-refractivity contribution is 0.0612. The maximum Gasteiger partial charge on any atom is 0.227 e. The lowest BCUT2D eigenvalue weighted by Gasteiger charge is -2.32. The molecule has 0 aromatic carbocycles. The molecule has 2 atom stereocenters. The average molecular weight is 212 g/mol. The van der Waals surface area contributed by atoms with Gasteiger partial charge in [0, 0.05) is 12.7 Å². The van der Waals surface area contributed by atoms with Crippen LogP contribution in [0.5, 0.6) is 0 Å². The van der Waals surface area contributed by atoms with Gasteiger partial charge in [0.15, 0.2) is 0 Å². The Kier molecular flexibility index (Phi) is 2.68. The monoisotopic (exact) mass is 212 g/mol. The number of alkyl halides is 1. The van der Waals surface area contributed by atoms with Gasteiger partial charge in [-0.3, -0.25) is 0 Å². The lowest BCUT2D eigenvalue weighted by atomic mass is 10.1. The Labute approximate surface area is 86.7 Å². The summed E-state index contributed by atoms with van der Waals surface area (Å²) >= 11 is 0. The zero-order valence-corrected chi connectivity index (χ0v) is 8.17. The molecule has 5 nitrogen and oxygen atoms in total. The third-order valence-corrected chi connectivity index (χ3v) is 2.45. The van der Waals surface area contributed by atoms with Crippen LogP contribution in [0.1, 0.15) is 6.42 Å². The van der Waals surface area contributed by atoms with Gasteiger partial charge in [-0.25, -0.2) is 9.37 Å². The SMILES string of the molecule is Nc1ccnc(N2CC[C@@H](O)C(F)C2)n1. The Morgan fingerprint density at radius 2 is 2.40 bits per heavy atom. The van der Waals surface area contributed by atoms with Crippen molar-refractivity contribution in [3.8, 4) is 0 Å². The molecule has 0 amide bonds. The Bertz CT molecular complexity index is 349. The van der Waals surface area contributed by atoms with Crippen molar-refractivity contribution in [3.05, 3.63) is 12.3 Å². The third kappa shape index (κ3) is 2.15. The van der Waals surface area contributed by atoms with Gasteiger partial charge in [-0.1, -0.05) is 0 Å². The number of nitrogens with zero attached hydrogens (tertiary/aromatic N) is 3. The van der Waals surface area contributed by atoms with Gasteiger partial charge in [0.25, 0.3) is 0 Å². The highest BCUT2D eigenvalue weighted by Crippen LogP contribution is 2.18. The van der Waals surface area contributed by atoms with Crippen LogP contribution in [-0.2, 0) is 0 Å². The summed E-state index contributed by atoms with van der Waals surface area (Å²) in [5.41, 5.74) is 5.51. The van der Waals surface area contributed by atoms with Crippen molar-refractivity contribution in [2.24, 2.45) is 0 Å². The first kappa shape index (κ1) is 10.1. The second kappa shape index (κ2) is 3.98. The fraction of sp³-hybridized carbons (Fsp3) is 0.556. The molecule has 0 spiro atoms. The smallest absolute Gasteiger partial charge is 0.227 e. The van der Waals surface area contributed by atoms with E-state index in [-0.39, 0.29) is 6.54 Å². The maximum atomic E-state index is 13.2. The van der Waals surface area contributed by atoms with Gasteiger partial charge < -0.3 is 15.7 Å². The summed E-state index contributed by atoms with van der Waals surface area (Å²) in [4.78, 5) is 9.70. The molecule has 0 radical (unpaired) electrons. The van der Waals surface area contributed by atoms with E-state index in [9.17, 15) is 9.50 Å². The van der Waals surface area contributed by atoms with Crippen molar-refractivity contribution >= 4 is 11.8 Å². The molecule has 15 heavy (non-hydrogen) atoms. The summed E-state index contributed by atoms with van der Waals surface area (Å²) in [6, 6.07) is 1.58. The van der Waals surface area contributed by atoms with Gasteiger partial charge in [0.05, 0.1) is 12.6 Å². The van der Waals surface area contributed by atoms with Crippen LogP contribution in [0.3, 0.4) is 0 Å². The first-order chi connectivity index (χ1) is 7.16. The van der Waals surface area contributed by atoms with E-state index >= 15 is 0 Å². The minimum absolute atomic E-state index is 0.116. The highest BCUT2D eigenvalue weighted by Gasteiger charge is 2.28. The summed E-state index contributed by atoms with van der Waals surface area (Å²) in [7, 11) is 0. The number of rotatable bonds is 1. The van der Waals surface area contributed by atoms with Crippen molar-refractivity contribution in [2.45, 2.75) is 18.7 Å². The summed E-state index contributed by atoms with van der Waals surface area (Å²) in [6.45, 7) is 0.662. The van der Waals surface area contributed by atoms with E-state index in [2.05, 4.69) is 9.97 Å². The summed E-state index contributed by atoms with van der Waals surface area (Å²) in [5, 5.41) is 9.23. The summed E-state index contributed by atoms with van der Waals surface area (Å²) in [5.74, 6) is 0.783. The van der Waals surface area contributed by atoms with Gasteiger partial charge in [-0.15, -0.1) is 0 Å². The van der Waals surface area contributed by atoms with Crippen LogP contribution in [0.25, 0.3) is 0 Å². The average Bonchev–Trinajstić information content (AvgIpc) is 2.22. The van der Waals surface area contributed by atoms with Crippen LogP contribution in [0.2, 0.25) is 0 Å². The highest BCUT2D eigenvalue weighted by atomic mass is 19.1. The fourth-order valence-electron chi connectivity index (χ4n) is 1.59. The quantitative estimate of drug-likeness (QED) is 0.683. The molecular formula is C9H13FN4O. The first-order valence-corrected chi connectivity index (χ1v) is 4.82. The summed E-state index contributed by atoms with van der Waals surface area (Å²) < 4.78 is 13.2. The molecule has 2 rings (SSSR count). The van der Waals surface area contributed by atoms with E-state index in [4.69, 9.17) is 5.73 Å². The zero-order chi connectivity index (χ0) is 10.8. The van der Waals surface area contributed by atoms with Crippen LogP contribution in [-0.4, -0.2) is 40.4 Å². The number of hydrogen-bond acceptors (Lipinski definition) is 5. The minimum Gasteiger partial charge on any atom is -0.390 e. The van der Waals surface area contributed by atoms with Crippen molar-refractivity contribution in [3.63, 3.8) is 0 Å². The maximum absolute atomic E-state index is 13.2. The van der Waals surface area contributed by atoms with E-state index in [0.29, 0.717) is 24.7 Å². The molecular weight excluding hydrogens is 199 g/mol. The topological polar surface area (TPSA) is 75.3 Å². The molecule has 1 unspecified atom stereocenters. The number of aromatic nitrogens is 2. The highest BCUT2D eigenvalue weighted by molar-refractivity contribution is 5.38. The van der Waals surface area contributed by atoms with Crippen LogP contribution >= 0.6 is 0 Å². The normalized spacial score (nSPS) is 26.7.